The van der Waals surface area contributed by atoms with Gasteiger partial charge in [0.1, 0.15) is 48.8 Å². The monoisotopic (exact) mass is 826 g/mol. The highest BCUT2D eigenvalue weighted by Gasteiger charge is 2.50. The Morgan fingerprint density at radius 1 is 0.638 bits per heavy atom. The number of carbonyl (C=O) groups excluding carboxylic acids is 1. The molecule has 334 valence electrons. The average molecular weight is 826 g/mol. The third-order valence-electron chi connectivity index (χ3n) is 10.2. The van der Waals surface area contributed by atoms with E-state index in [2.05, 4.69) is 67.8 Å². The Kier molecular flexibility index (Phi) is 28.2. The van der Waals surface area contributed by atoms with Crippen molar-refractivity contribution in [1.82, 2.24) is 5.32 Å². The standard InChI is InChI=1S/C44H75NO13/c1-3-5-7-9-10-11-12-13-14-15-16-17-18-19-20-21-22-24-26-28-36(49)45-32(33(48)27-25-23-8-6-4-2)31-55-43-41(54)39(52)42(35(30-47)57-43)58-44-40(53)38(51)37(50)34(29-46)56-44/h5,7,10-11,13-14,16-17,25,27,32-35,37-44,46-48,50-54H,3-4,6,8-9,12,15,18-24,26,28-31H2,1-2H3,(H,45,49)/b7-5-,11-10-,14-13-,17-16-,27-25+. The van der Waals surface area contributed by atoms with Crippen molar-refractivity contribution < 1.29 is 64.6 Å². The number of hydrogen-bond donors (Lipinski definition) is 9. The van der Waals surface area contributed by atoms with E-state index in [1.807, 2.05) is 6.08 Å². The predicted molar refractivity (Wildman–Crippen MR) is 221 cm³/mol. The van der Waals surface area contributed by atoms with E-state index in [0.29, 0.717) is 6.42 Å². The number of nitrogens with one attached hydrogen (secondary N) is 1. The minimum Gasteiger partial charge on any atom is -0.394 e. The molecule has 2 rings (SSSR count). The van der Waals surface area contributed by atoms with E-state index in [9.17, 15) is 45.6 Å². The average Bonchev–Trinajstić information content (AvgIpc) is 3.22. The molecule has 2 heterocycles. The van der Waals surface area contributed by atoms with Gasteiger partial charge in [-0.25, -0.2) is 0 Å². The Bertz CT molecular complexity index is 1210. The first-order chi connectivity index (χ1) is 28.1. The Labute approximate surface area is 345 Å². The van der Waals surface area contributed by atoms with Crippen molar-refractivity contribution in [2.45, 2.75) is 190 Å². The van der Waals surface area contributed by atoms with Crippen molar-refractivity contribution >= 4 is 5.91 Å². The summed E-state index contributed by atoms with van der Waals surface area (Å²) in [5.74, 6) is -0.266. The van der Waals surface area contributed by atoms with E-state index >= 15 is 0 Å². The summed E-state index contributed by atoms with van der Waals surface area (Å²) in [4.78, 5) is 13.0. The van der Waals surface area contributed by atoms with Gasteiger partial charge in [-0.05, 0) is 57.8 Å². The molecular weight excluding hydrogens is 750 g/mol. The highest BCUT2D eigenvalue weighted by Crippen LogP contribution is 2.29. The van der Waals surface area contributed by atoms with E-state index in [0.717, 1.165) is 89.9 Å². The Morgan fingerprint density at radius 3 is 1.83 bits per heavy atom. The van der Waals surface area contributed by atoms with Crippen molar-refractivity contribution in [1.29, 1.82) is 0 Å². The van der Waals surface area contributed by atoms with E-state index in [1.54, 1.807) is 6.08 Å². The van der Waals surface area contributed by atoms with Crippen LogP contribution in [0.5, 0.6) is 0 Å². The molecule has 14 heteroatoms. The van der Waals surface area contributed by atoms with Crippen LogP contribution in [0.15, 0.2) is 60.8 Å². The van der Waals surface area contributed by atoms with Crippen LogP contribution in [0.3, 0.4) is 0 Å². The fraction of sp³-hybridized carbons (Fsp3) is 0.750. The van der Waals surface area contributed by atoms with Crippen molar-refractivity contribution in [2.24, 2.45) is 0 Å². The summed E-state index contributed by atoms with van der Waals surface area (Å²) in [7, 11) is 0. The van der Waals surface area contributed by atoms with Gasteiger partial charge in [-0.2, -0.15) is 0 Å². The first-order valence-corrected chi connectivity index (χ1v) is 21.5. The summed E-state index contributed by atoms with van der Waals surface area (Å²) < 4.78 is 22.5. The molecule has 12 unspecified atom stereocenters. The molecule has 0 aromatic heterocycles. The van der Waals surface area contributed by atoms with Crippen LogP contribution < -0.4 is 5.32 Å². The van der Waals surface area contributed by atoms with Crippen LogP contribution in [0.4, 0.5) is 0 Å². The number of hydrogen-bond acceptors (Lipinski definition) is 13. The highest BCUT2D eigenvalue weighted by molar-refractivity contribution is 5.76. The summed E-state index contributed by atoms with van der Waals surface area (Å²) in [6, 6.07) is -0.920. The van der Waals surface area contributed by atoms with Crippen molar-refractivity contribution in [3.8, 4) is 0 Å². The summed E-state index contributed by atoms with van der Waals surface area (Å²) in [5, 5.41) is 85.9. The van der Waals surface area contributed by atoms with Crippen molar-refractivity contribution in [3.05, 3.63) is 60.8 Å². The van der Waals surface area contributed by atoms with Crippen LogP contribution in [-0.2, 0) is 23.7 Å². The van der Waals surface area contributed by atoms with Crippen LogP contribution in [0.1, 0.15) is 117 Å². The molecule has 0 saturated carbocycles. The lowest BCUT2D eigenvalue weighted by Gasteiger charge is -2.46. The molecule has 0 spiro atoms. The molecule has 0 aliphatic carbocycles. The fourth-order valence-corrected chi connectivity index (χ4v) is 6.63. The normalized spacial score (nSPS) is 29.4. The van der Waals surface area contributed by atoms with Gasteiger partial charge in [-0.1, -0.05) is 113 Å². The lowest BCUT2D eigenvalue weighted by atomic mass is 9.97. The third-order valence-corrected chi connectivity index (χ3v) is 10.2. The minimum absolute atomic E-state index is 0.260. The van der Waals surface area contributed by atoms with Gasteiger partial charge in [0.2, 0.25) is 5.91 Å². The smallest absolute Gasteiger partial charge is 0.220 e. The fourth-order valence-electron chi connectivity index (χ4n) is 6.63. The molecule has 2 saturated heterocycles. The second kappa shape index (κ2) is 31.5. The van der Waals surface area contributed by atoms with Crippen LogP contribution in [0.25, 0.3) is 0 Å². The molecule has 12 atom stereocenters. The number of unbranched alkanes of at least 4 members (excludes halogenated alkanes) is 9. The molecule has 14 nitrogen and oxygen atoms in total. The number of aliphatic hydroxyl groups is 8. The Morgan fingerprint density at radius 2 is 1.19 bits per heavy atom. The van der Waals surface area contributed by atoms with Crippen molar-refractivity contribution in [2.75, 3.05) is 19.8 Å². The zero-order valence-electron chi connectivity index (χ0n) is 34.8. The zero-order chi connectivity index (χ0) is 42.5. The summed E-state index contributed by atoms with van der Waals surface area (Å²) in [6.07, 6.45) is 19.0. The first-order valence-electron chi connectivity index (χ1n) is 21.5. The topological polar surface area (TPSA) is 228 Å². The number of carbonyl (C=O) groups is 1. The molecule has 2 aliphatic heterocycles. The summed E-state index contributed by atoms with van der Waals surface area (Å²) in [6.45, 7) is 2.49. The van der Waals surface area contributed by atoms with Gasteiger partial charge in [0.25, 0.3) is 0 Å². The van der Waals surface area contributed by atoms with Crippen molar-refractivity contribution in [3.63, 3.8) is 0 Å². The van der Waals surface area contributed by atoms with Gasteiger partial charge in [0.05, 0.1) is 32.0 Å². The maximum atomic E-state index is 13.0. The molecule has 2 aliphatic rings. The number of ether oxygens (including phenoxy) is 4. The van der Waals surface area contributed by atoms with Gasteiger partial charge in [-0.3, -0.25) is 4.79 Å². The lowest BCUT2D eigenvalue weighted by molar-refractivity contribution is -0.359. The van der Waals surface area contributed by atoms with Gasteiger partial charge in [0, 0.05) is 6.42 Å². The quantitative estimate of drug-likeness (QED) is 0.0374. The predicted octanol–water partition coefficient (Wildman–Crippen LogP) is 3.54. The molecule has 0 aromatic rings. The second-order valence-electron chi connectivity index (χ2n) is 15.1. The molecule has 9 N–H and O–H groups in total. The molecule has 0 radical (unpaired) electrons. The van der Waals surface area contributed by atoms with Crippen LogP contribution >= 0.6 is 0 Å². The number of allylic oxidation sites excluding steroid dienone is 9. The molecule has 58 heavy (non-hydrogen) atoms. The molecule has 0 bridgehead atoms. The Hall–Kier alpha value is -2.31. The maximum Gasteiger partial charge on any atom is 0.220 e. The highest BCUT2D eigenvalue weighted by atomic mass is 16.7. The molecule has 0 aromatic carbocycles. The summed E-state index contributed by atoms with van der Waals surface area (Å²) in [5.41, 5.74) is 0. The van der Waals surface area contributed by atoms with E-state index in [-0.39, 0.29) is 18.9 Å². The van der Waals surface area contributed by atoms with Crippen LogP contribution in [-0.4, -0.2) is 140 Å². The van der Waals surface area contributed by atoms with E-state index in [4.69, 9.17) is 18.9 Å². The zero-order valence-corrected chi connectivity index (χ0v) is 34.8. The minimum atomic E-state index is -1.79. The Balaban J connectivity index is 1.81. The second-order valence-corrected chi connectivity index (χ2v) is 15.1. The van der Waals surface area contributed by atoms with Crippen LogP contribution in [0.2, 0.25) is 0 Å². The number of amides is 1. The molecule has 1 amide bonds. The third kappa shape index (κ3) is 19.8. The first kappa shape index (κ1) is 51.8. The summed E-state index contributed by atoms with van der Waals surface area (Å²) >= 11 is 0. The SMILES string of the molecule is CC/C=C\C/C=C\C/C=C\C/C=C\CCCCCCCCC(=O)NC(COC1OC(CO)C(OC2OC(CO)C(O)C(O)C2O)C(O)C1O)C(O)/C=C/CCCCC. The van der Waals surface area contributed by atoms with Gasteiger partial charge in [0.15, 0.2) is 12.6 Å². The maximum absolute atomic E-state index is 13.0. The van der Waals surface area contributed by atoms with Gasteiger partial charge >= 0.3 is 0 Å². The largest absolute Gasteiger partial charge is 0.394 e. The lowest BCUT2D eigenvalue weighted by Crippen LogP contribution is -2.65. The van der Waals surface area contributed by atoms with E-state index in [1.165, 1.54) is 0 Å². The number of aliphatic hydroxyl groups excluding tert-OH is 8. The van der Waals surface area contributed by atoms with E-state index < -0.39 is 86.8 Å². The molecular formula is C44H75NO13. The van der Waals surface area contributed by atoms with Crippen LogP contribution in [0, 0.1) is 0 Å². The van der Waals surface area contributed by atoms with Gasteiger partial charge < -0.3 is 65.1 Å². The van der Waals surface area contributed by atoms with Gasteiger partial charge in [-0.15, -0.1) is 0 Å². The molecule has 2 fully saturated rings. The number of rotatable bonds is 30.